The maximum Gasteiger partial charge on any atom is 0.342 e. The van der Waals surface area contributed by atoms with Crippen LogP contribution in [0.25, 0.3) is 0 Å². The summed E-state index contributed by atoms with van der Waals surface area (Å²) in [6.07, 6.45) is 3.94. The average Bonchev–Trinajstić information content (AvgIpc) is 2.58. The van der Waals surface area contributed by atoms with Crippen LogP contribution < -0.4 is 27.5 Å². The number of anilines is 1. The third kappa shape index (κ3) is 3.98. The van der Waals surface area contributed by atoms with Crippen molar-refractivity contribution in [3.05, 3.63) is 22.7 Å². The number of quaternary nitrogens is 1. The van der Waals surface area contributed by atoms with Crippen LogP contribution >= 0.6 is 11.6 Å². The Labute approximate surface area is 158 Å². The Morgan fingerprint density at radius 3 is 2.50 bits per heavy atom. The summed E-state index contributed by atoms with van der Waals surface area (Å²) in [6, 6.07) is 3.06. The van der Waals surface area contributed by atoms with E-state index in [0.717, 1.165) is 16.9 Å². The molecule has 3 saturated heterocycles. The second-order valence-corrected chi connectivity index (χ2v) is 7.09. The van der Waals surface area contributed by atoms with Gasteiger partial charge in [-0.3, -0.25) is 0 Å². The Bertz CT molecular complexity index is 590. The minimum atomic E-state index is -0.408. The molecule has 2 N–H and O–H groups in total. The van der Waals surface area contributed by atoms with Gasteiger partial charge in [0, 0.05) is 6.07 Å². The number of fused-ring (bicyclic) bond motifs is 3. The van der Waals surface area contributed by atoms with E-state index in [0.29, 0.717) is 28.6 Å². The minimum Gasteiger partial charge on any atom is -1.00 e. The van der Waals surface area contributed by atoms with E-state index in [1.54, 1.807) is 6.07 Å². The molecule has 5 nitrogen and oxygen atoms in total. The lowest BCUT2D eigenvalue weighted by Crippen LogP contribution is -3.00. The fourth-order valence-corrected chi connectivity index (χ4v) is 3.94. The maximum atomic E-state index is 12.3. The van der Waals surface area contributed by atoms with Gasteiger partial charge in [0.25, 0.3) is 0 Å². The van der Waals surface area contributed by atoms with Crippen molar-refractivity contribution in [2.24, 2.45) is 5.92 Å². The molecular formula is C17H24BrClN2O3. The van der Waals surface area contributed by atoms with Gasteiger partial charge in [0.2, 0.25) is 0 Å². The summed E-state index contributed by atoms with van der Waals surface area (Å²) in [7, 11) is 1.50. The summed E-state index contributed by atoms with van der Waals surface area (Å²) < 4.78 is 11.8. The fraction of sp³-hybridized carbons (Fsp3) is 0.588. The number of rotatable bonds is 5. The highest BCUT2D eigenvalue weighted by Gasteiger charge is 2.39. The Morgan fingerprint density at radius 1 is 1.29 bits per heavy atom. The third-order valence-corrected chi connectivity index (χ3v) is 5.70. The van der Waals surface area contributed by atoms with Crippen LogP contribution in [0.5, 0.6) is 5.75 Å². The predicted octanol–water partition coefficient (Wildman–Crippen LogP) is -0.278. The Hall–Kier alpha value is -0.980. The number of benzene rings is 1. The second kappa shape index (κ2) is 7.93. The van der Waals surface area contributed by atoms with Gasteiger partial charge in [-0.2, -0.15) is 0 Å². The first-order valence-electron chi connectivity index (χ1n) is 8.18. The number of piperidine rings is 3. The third-order valence-electron chi connectivity index (χ3n) is 5.37. The van der Waals surface area contributed by atoms with Crippen molar-refractivity contribution in [1.29, 1.82) is 0 Å². The summed E-state index contributed by atoms with van der Waals surface area (Å²) >= 11 is 6.00. The summed E-state index contributed by atoms with van der Waals surface area (Å²) in [5.74, 6) is 0.912. The van der Waals surface area contributed by atoms with E-state index >= 15 is 0 Å². The number of carbonyl (C=O) groups is 1. The highest BCUT2D eigenvalue weighted by atomic mass is 79.9. The molecule has 1 aromatic carbocycles. The molecule has 3 fully saturated rings. The number of nitrogens with two attached hydrogens (primary N) is 1. The molecular weight excluding hydrogens is 396 g/mol. The number of carbonyl (C=O) groups excluding carboxylic acids is 1. The first-order chi connectivity index (χ1) is 11.0. The van der Waals surface area contributed by atoms with E-state index in [2.05, 4.69) is 0 Å². The monoisotopic (exact) mass is 418 g/mol. The van der Waals surface area contributed by atoms with Gasteiger partial charge in [-0.05, 0) is 31.2 Å². The van der Waals surface area contributed by atoms with E-state index in [4.69, 9.17) is 26.8 Å². The van der Waals surface area contributed by atoms with Crippen LogP contribution in [0.4, 0.5) is 5.69 Å². The number of hydrogen-bond acceptors (Lipinski definition) is 4. The Balaban J connectivity index is 0.00000208. The van der Waals surface area contributed by atoms with Gasteiger partial charge in [0.15, 0.2) is 0 Å². The maximum absolute atomic E-state index is 12.3. The van der Waals surface area contributed by atoms with Gasteiger partial charge in [-0.1, -0.05) is 11.6 Å². The molecule has 4 rings (SSSR count). The van der Waals surface area contributed by atoms with E-state index in [1.165, 1.54) is 52.1 Å². The zero-order valence-corrected chi connectivity index (χ0v) is 16.2. The summed E-state index contributed by atoms with van der Waals surface area (Å²) in [5.41, 5.74) is 6.44. The normalized spacial score (nSPS) is 25.0. The van der Waals surface area contributed by atoms with Crippen LogP contribution in [-0.2, 0) is 4.74 Å². The van der Waals surface area contributed by atoms with Crippen LogP contribution in [-0.4, -0.2) is 50.3 Å². The molecule has 0 spiro atoms. The summed E-state index contributed by atoms with van der Waals surface area (Å²) in [4.78, 5) is 12.3. The first kappa shape index (κ1) is 19.3. The fourth-order valence-electron chi connectivity index (χ4n) is 3.78. The average molecular weight is 420 g/mol. The van der Waals surface area contributed by atoms with E-state index in [-0.39, 0.29) is 17.0 Å². The van der Waals surface area contributed by atoms with Gasteiger partial charge in [-0.15, -0.1) is 0 Å². The largest absolute Gasteiger partial charge is 1.00 e. The summed E-state index contributed by atoms with van der Waals surface area (Å²) in [6.45, 7) is 4.98. The lowest BCUT2D eigenvalue weighted by molar-refractivity contribution is -0.942. The molecule has 0 atom stereocenters. The number of methoxy groups -OCH3 is 1. The minimum absolute atomic E-state index is 0. The zero-order valence-electron chi connectivity index (χ0n) is 13.9. The number of halogens is 2. The van der Waals surface area contributed by atoms with Gasteiger partial charge < -0.3 is 36.7 Å². The van der Waals surface area contributed by atoms with Crippen LogP contribution in [0.2, 0.25) is 5.02 Å². The van der Waals surface area contributed by atoms with Crippen molar-refractivity contribution in [2.45, 2.75) is 19.3 Å². The smallest absolute Gasteiger partial charge is 0.342 e. The molecule has 0 radical (unpaired) electrons. The number of hydrogen-bond donors (Lipinski definition) is 1. The SMILES string of the molecule is COc1cc(N)c(Cl)cc1C(=O)OCC[N+]12CCC(CC1)CC2.[Br-]. The van der Waals surface area contributed by atoms with Crippen molar-refractivity contribution in [2.75, 3.05) is 45.6 Å². The lowest BCUT2D eigenvalue weighted by Gasteiger charge is -2.49. The van der Waals surface area contributed by atoms with Crippen molar-refractivity contribution >= 4 is 23.3 Å². The van der Waals surface area contributed by atoms with Crippen LogP contribution in [0.1, 0.15) is 29.6 Å². The molecule has 0 aromatic heterocycles. The van der Waals surface area contributed by atoms with E-state index in [9.17, 15) is 4.79 Å². The molecule has 3 aliphatic rings. The van der Waals surface area contributed by atoms with Crippen molar-refractivity contribution in [1.82, 2.24) is 0 Å². The van der Waals surface area contributed by atoms with Crippen molar-refractivity contribution in [3.63, 3.8) is 0 Å². The zero-order chi connectivity index (χ0) is 16.4. The lowest BCUT2D eigenvalue weighted by atomic mass is 9.86. The highest BCUT2D eigenvalue weighted by Crippen LogP contribution is 2.33. The van der Waals surface area contributed by atoms with Crippen LogP contribution in [0, 0.1) is 5.92 Å². The number of nitrogens with zero attached hydrogens (tertiary/aromatic N) is 1. The molecule has 0 amide bonds. The number of nitrogen functional groups attached to an aromatic ring is 1. The first-order valence-corrected chi connectivity index (χ1v) is 8.56. The molecule has 24 heavy (non-hydrogen) atoms. The molecule has 0 unspecified atom stereocenters. The molecule has 3 aliphatic heterocycles. The van der Waals surface area contributed by atoms with Crippen molar-refractivity contribution in [3.8, 4) is 5.75 Å². The topological polar surface area (TPSA) is 61.5 Å². The molecule has 134 valence electrons. The molecule has 3 heterocycles. The summed E-state index contributed by atoms with van der Waals surface area (Å²) in [5, 5.41) is 0.331. The van der Waals surface area contributed by atoms with E-state index in [1.807, 2.05) is 0 Å². The molecule has 0 saturated carbocycles. The van der Waals surface area contributed by atoms with Crippen LogP contribution in [0.3, 0.4) is 0 Å². The molecule has 2 bridgehead atoms. The quantitative estimate of drug-likeness (QED) is 0.405. The second-order valence-electron chi connectivity index (χ2n) is 6.68. The van der Waals surface area contributed by atoms with Crippen LogP contribution in [0.15, 0.2) is 12.1 Å². The number of esters is 1. The van der Waals surface area contributed by atoms with Gasteiger partial charge in [0.05, 0.1) is 37.5 Å². The number of ether oxygens (including phenoxy) is 2. The highest BCUT2D eigenvalue weighted by molar-refractivity contribution is 6.33. The van der Waals surface area contributed by atoms with Gasteiger partial charge in [-0.25, -0.2) is 4.79 Å². The van der Waals surface area contributed by atoms with Crippen molar-refractivity contribution < 1.29 is 35.7 Å². The van der Waals surface area contributed by atoms with Gasteiger partial charge in [0.1, 0.15) is 24.5 Å². The Morgan fingerprint density at radius 2 is 1.92 bits per heavy atom. The molecule has 1 aromatic rings. The van der Waals surface area contributed by atoms with E-state index < -0.39 is 5.97 Å². The van der Waals surface area contributed by atoms with Gasteiger partial charge >= 0.3 is 5.97 Å². The predicted molar refractivity (Wildman–Crippen MR) is 89.8 cm³/mol. The standard InChI is InChI=1S/C17H23ClN2O3.BrH/c1-22-16-11-15(19)14(18)10-13(16)17(21)23-9-8-20-5-2-12(3-6-20)4-7-20;/h10-12H,2-9H2,1H3,(H-,19,21);1H. The Kier molecular flexibility index (Phi) is 6.39. The molecule has 7 heteroatoms. The molecule has 0 aliphatic carbocycles.